The van der Waals surface area contributed by atoms with Crippen LogP contribution in [0.1, 0.15) is 0 Å². The van der Waals surface area contributed by atoms with Crippen molar-refractivity contribution < 1.29 is 9.97 Å². The van der Waals surface area contributed by atoms with Gasteiger partial charge in [0.05, 0.1) is 11.1 Å². The number of aromatic nitrogens is 7. The number of rotatable bonds is 0. The molecule has 0 atom stereocenters. The molecule has 2 aliphatic heterocycles. The van der Waals surface area contributed by atoms with E-state index in [-0.39, 0.29) is 23.1 Å². The van der Waals surface area contributed by atoms with Crippen LogP contribution in [0, 0.1) is 0 Å². The van der Waals surface area contributed by atoms with Crippen LogP contribution in [0.5, 0.6) is 0 Å². The van der Waals surface area contributed by atoms with E-state index >= 15 is 0 Å². The molecule has 0 saturated heterocycles. The average molecular weight is 538 g/mol. The molecule has 0 saturated carbocycles. The molecule has 0 aliphatic carbocycles. The standard InChI is InChI=1S/C33H17N7.Mg/c1-3-11-20-18(9-1)26-17-27-19-10-2-4-12-21(19)29(35-27)37-31-23-14-6-8-16-25(23)33(39-31)40-32-24-15-7-5-13-22(24)30(38-32)36-28(20)34-26;/h1-17H;/q-2;+2/p+2. The summed E-state index contributed by atoms with van der Waals surface area (Å²) in [4.78, 5) is 32.1. The van der Waals surface area contributed by atoms with Crippen molar-refractivity contribution in [2.75, 3.05) is 0 Å². The summed E-state index contributed by atoms with van der Waals surface area (Å²) in [5.41, 5.74) is 7.71. The minimum Gasteiger partial charge on any atom is -0.400 e. The van der Waals surface area contributed by atoms with E-state index in [1.54, 1.807) is 0 Å². The SMILES string of the molecule is [Mg+2].c1ccc2c(c1)-c1cc3[n-]c(nc4[nH+]c(nc5[n-]c(nc-2[nH+]1)c1ccccc51)-c1ccccc1-4)c1ccccc31. The van der Waals surface area contributed by atoms with Gasteiger partial charge in [-0.05, 0) is 51.6 Å². The quantitative estimate of drug-likeness (QED) is 0.248. The van der Waals surface area contributed by atoms with E-state index < -0.39 is 0 Å². The van der Waals surface area contributed by atoms with Crippen LogP contribution in [-0.4, -0.2) is 38.0 Å². The number of aromatic amines is 2. The van der Waals surface area contributed by atoms with Crippen molar-refractivity contribution >= 4 is 67.1 Å². The average Bonchev–Trinajstić information content (AvgIpc) is 3.73. The van der Waals surface area contributed by atoms with Crippen LogP contribution in [-0.2, 0) is 0 Å². The predicted molar refractivity (Wildman–Crippen MR) is 159 cm³/mol. The third-order valence-electron chi connectivity index (χ3n) is 7.62. The summed E-state index contributed by atoms with van der Waals surface area (Å²) in [5.74, 6) is 2.16. The number of benzene rings is 4. The van der Waals surface area contributed by atoms with Crippen molar-refractivity contribution in [3.63, 3.8) is 0 Å². The Morgan fingerprint density at radius 3 is 1.44 bits per heavy atom. The van der Waals surface area contributed by atoms with E-state index in [4.69, 9.17) is 24.9 Å². The predicted octanol–water partition coefficient (Wildman–Crippen LogP) is 5.19. The molecule has 8 heteroatoms. The van der Waals surface area contributed by atoms with E-state index in [1.165, 1.54) is 0 Å². The molecular formula is C33H19MgN7+2. The molecule has 186 valence electrons. The van der Waals surface area contributed by atoms with E-state index in [0.29, 0.717) is 28.6 Å². The van der Waals surface area contributed by atoms with Crippen LogP contribution >= 0.6 is 0 Å². The van der Waals surface area contributed by atoms with Gasteiger partial charge in [-0.15, -0.1) is 4.98 Å². The second-order valence-electron chi connectivity index (χ2n) is 9.95. The van der Waals surface area contributed by atoms with E-state index in [1.807, 2.05) is 60.7 Å². The van der Waals surface area contributed by atoms with Crippen molar-refractivity contribution in [2.45, 2.75) is 0 Å². The summed E-state index contributed by atoms with van der Waals surface area (Å²) in [5, 5.41) is 3.92. The molecule has 5 heterocycles. The van der Waals surface area contributed by atoms with Gasteiger partial charge in [-0.2, -0.15) is 0 Å². The molecule has 4 aromatic carbocycles. The molecule has 8 bridgehead atoms. The molecule has 0 fully saturated rings. The number of H-pyrrole nitrogens is 2. The topological polar surface area (TPSA) is 95.2 Å². The van der Waals surface area contributed by atoms with E-state index in [2.05, 4.69) is 52.4 Å². The third kappa shape index (κ3) is 3.61. The van der Waals surface area contributed by atoms with Gasteiger partial charge in [0.25, 0.3) is 5.82 Å². The summed E-state index contributed by atoms with van der Waals surface area (Å²) in [6.45, 7) is 0. The number of hydrogen-bond acceptors (Lipinski definition) is 3. The van der Waals surface area contributed by atoms with Crippen LogP contribution in [0.2, 0.25) is 0 Å². The first kappa shape index (κ1) is 23.9. The van der Waals surface area contributed by atoms with Crippen molar-refractivity contribution in [1.29, 1.82) is 0 Å². The van der Waals surface area contributed by atoms with Crippen molar-refractivity contribution in [3.05, 3.63) is 103 Å². The van der Waals surface area contributed by atoms with Crippen molar-refractivity contribution in [1.82, 2.24) is 24.9 Å². The second kappa shape index (κ2) is 9.05. The van der Waals surface area contributed by atoms with Crippen LogP contribution in [0.25, 0.3) is 89.4 Å². The molecule has 7 aromatic rings. The zero-order valence-corrected chi connectivity index (χ0v) is 23.2. The summed E-state index contributed by atoms with van der Waals surface area (Å²) < 4.78 is 0. The van der Waals surface area contributed by atoms with Gasteiger partial charge in [-0.25, -0.2) is 4.98 Å². The largest absolute Gasteiger partial charge is 2.00 e. The second-order valence-corrected chi connectivity index (χ2v) is 9.95. The number of fused-ring (bicyclic) bond motifs is 20. The van der Waals surface area contributed by atoms with Crippen molar-refractivity contribution in [2.24, 2.45) is 0 Å². The minimum absolute atomic E-state index is 0. The normalized spacial score (nSPS) is 11.7. The Morgan fingerprint density at radius 2 is 0.854 bits per heavy atom. The summed E-state index contributed by atoms with van der Waals surface area (Å²) in [6, 6.07) is 34.8. The Balaban J connectivity index is 0.00000256. The van der Waals surface area contributed by atoms with Gasteiger partial charge in [0.15, 0.2) is 0 Å². The molecular weight excluding hydrogens is 519 g/mol. The van der Waals surface area contributed by atoms with Gasteiger partial charge in [-0.3, -0.25) is 4.98 Å². The Labute approximate surface area is 249 Å². The van der Waals surface area contributed by atoms with E-state index in [9.17, 15) is 0 Å². The molecule has 41 heavy (non-hydrogen) atoms. The van der Waals surface area contributed by atoms with Gasteiger partial charge in [0.1, 0.15) is 17.2 Å². The fourth-order valence-electron chi connectivity index (χ4n) is 5.76. The number of hydrogen-bond donors (Lipinski definition) is 0. The van der Waals surface area contributed by atoms with Gasteiger partial charge in [-0.1, -0.05) is 72.8 Å². The smallest absolute Gasteiger partial charge is 0.400 e. The Hall–Kier alpha value is -4.92. The third-order valence-corrected chi connectivity index (χ3v) is 7.62. The maximum absolute atomic E-state index is 5.06. The van der Waals surface area contributed by atoms with Gasteiger partial charge >= 0.3 is 28.9 Å². The van der Waals surface area contributed by atoms with Crippen LogP contribution < -0.4 is 19.9 Å². The Bertz CT molecular complexity index is 2030. The zero-order valence-electron chi connectivity index (χ0n) is 21.8. The first-order valence-corrected chi connectivity index (χ1v) is 13.1. The first-order chi connectivity index (χ1) is 19.8. The maximum Gasteiger partial charge on any atom is 2.00 e. The molecule has 0 radical (unpaired) electrons. The molecule has 2 N–H and O–H groups in total. The van der Waals surface area contributed by atoms with Crippen LogP contribution in [0.4, 0.5) is 0 Å². The van der Waals surface area contributed by atoms with Gasteiger partial charge in [0, 0.05) is 27.5 Å². The summed E-state index contributed by atoms with van der Waals surface area (Å²) >= 11 is 0. The summed E-state index contributed by atoms with van der Waals surface area (Å²) in [7, 11) is 0. The molecule has 3 aromatic heterocycles. The Morgan fingerprint density at radius 1 is 0.439 bits per heavy atom. The molecule has 0 spiro atoms. The fraction of sp³-hybridized carbons (Fsp3) is 0. The number of nitrogens with one attached hydrogen (secondary N) is 2. The van der Waals surface area contributed by atoms with Gasteiger partial charge < -0.3 is 15.0 Å². The van der Waals surface area contributed by atoms with Crippen molar-refractivity contribution in [3.8, 4) is 45.4 Å². The van der Waals surface area contributed by atoms with Crippen LogP contribution in [0.3, 0.4) is 0 Å². The fourth-order valence-corrected chi connectivity index (χ4v) is 5.76. The minimum atomic E-state index is 0. The first-order valence-electron chi connectivity index (χ1n) is 13.1. The molecule has 2 aliphatic rings. The zero-order chi connectivity index (χ0) is 26.2. The Kier molecular flexibility index (Phi) is 5.28. The van der Waals surface area contributed by atoms with E-state index in [0.717, 1.165) is 60.8 Å². The molecule has 7 nitrogen and oxygen atoms in total. The summed E-state index contributed by atoms with van der Waals surface area (Å²) in [6.07, 6.45) is 0. The monoisotopic (exact) mass is 537 g/mol. The number of nitrogens with zero attached hydrogens (tertiary/aromatic N) is 5. The maximum atomic E-state index is 5.06. The molecule has 0 amide bonds. The van der Waals surface area contributed by atoms with Crippen LogP contribution in [0.15, 0.2) is 103 Å². The molecule has 9 rings (SSSR count). The molecule has 0 unspecified atom stereocenters. The van der Waals surface area contributed by atoms with Gasteiger partial charge in [0.2, 0.25) is 5.65 Å².